The predicted molar refractivity (Wildman–Crippen MR) is 128 cm³/mol. The third-order valence-electron chi connectivity index (χ3n) is 4.79. The predicted octanol–water partition coefficient (Wildman–Crippen LogP) is 1.44. The van der Waals surface area contributed by atoms with Gasteiger partial charge in [0.15, 0.2) is 5.96 Å². The molecule has 1 unspecified atom stereocenters. The van der Waals surface area contributed by atoms with Crippen LogP contribution in [0.15, 0.2) is 33.5 Å². The number of carbonyl (C=O) groups is 2. The van der Waals surface area contributed by atoms with Crippen molar-refractivity contribution in [3.05, 3.63) is 40.2 Å². The number of carboxylic acids is 1. The van der Waals surface area contributed by atoms with E-state index in [1.54, 1.807) is 19.9 Å². The Morgan fingerprint density at radius 3 is 2.66 bits per heavy atom. The van der Waals surface area contributed by atoms with Gasteiger partial charge in [0.2, 0.25) is 5.91 Å². The first-order chi connectivity index (χ1) is 16.4. The molecule has 0 spiro atoms. The van der Waals surface area contributed by atoms with Gasteiger partial charge >= 0.3 is 19.3 Å². The van der Waals surface area contributed by atoms with Crippen molar-refractivity contribution in [2.24, 2.45) is 5.73 Å². The second kappa shape index (κ2) is 12.3. The van der Waals surface area contributed by atoms with Gasteiger partial charge in [-0.1, -0.05) is 0 Å². The van der Waals surface area contributed by atoms with E-state index in [2.05, 4.69) is 15.7 Å². The molecule has 13 nitrogen and oxygen atoms in total. The van der Waals surface area contributed by atoms with Crippen molar-refractivity contribution >= 4 is 36.6 Å². The normalized spacial score (nSPS) is 14.5. The van der Waals surface area contributed by atoms with Gasteiger partial charge in [-0.2, -0.15) is 5.09 Å². The molecule has 35 heavy (non-hydrogen) atoms. The highest BCUT2D eigenvalue weighted by molar-refractivity contribution is 7.52. The lowest BCUT2D eigenvalue weighted by atomic mass is 10.1. The maximum absolute atomic E-state index is 13.3. The Kier molecular flexibility index (Phi) is 9.81. The lowest BCUT2D eigenvalue weighted by molar-refractivity contribution is -0.142. The monoisotopic (exact) mass is 511 g/mol. The number of nitrogens with two attached hydrogens (primary N) is 1. The minimum atomic E-state index is -4.08. The molecule has 3 atom stereocenters. The number of guanidine groups is 1. The van der Waals surface area contributed by atoms with Gasteiger partial charge in [0.1, 0.15) is 17.4 Å². The minimum absolute atomic E-state index is 0.0126. The van der Waals surface area contributed by atoms with Gasteiger partial charge in [0.05, 0.1) is 12.6 Å². The van der Waals surface area contributed by atoms with Crippen molar-refractivity contribution < 1.29 is 32.7 Å². The number of amides is 1. The summed E-state index contributed by atoms with van der Waals surface area (Å²) in [5.74, 6) is -2.15. The molecule has 1 heterocycles. The van der Waals surface area contributed by atoms with E-state index in [9.17, 15) is 24.1 Å². The number of carboxylic acid groups (broad SMARTS) is 1. The quantitative estimate of drug-likeness (QED) is 0.0745. The van der Waals surface area contributed by atoms with Crippen LogP contribution in [0.4, 0.5) is 0 Å². The number of aryl methyl sites for hydroxylation is 1. The molecule has 0 saturated carbocycles. The van der Waals surface area contributed by atoms with Gasteiger partial charge in [0, 0.05) is 24.1 Å². The standard InChI is InChI=1S/C21H30N5O8P/c1-4-32-35(31,34-14-7-8-15-12(2)10-18(27)33-17(15)11-14)26-13(3)19(28)25-16(20(29)30)6-5-9-24-21(22)23/h7-8,10-11,13,16H,4-6,9H2,1-3H3,(H,25,28)(H,26,31)(H,29,30)(H4,22,23,24)/t13-,16-,35?/m0/s1. The zero-order valence-corrected chi connectivity index (χ0v) is 20.5. The van der Waals surface area contributed by atoms with E-state index in [-0.39, 0.29) is 36.9 Å². The average molecular weight is 511 g/mol. The molecule has 0 aliphatic heterocycles. The zero-order valence-electron chi connectivity index (χ0n) is 19.6. The van der Waals surface area contributed by atoms with Crippen LogP contribution in [0.2, 0.25) is 0 Å². The summed E-state index contributed by atoms with van der Waals surface area (Å²) in [4.78, 5) is 35.8. The van der Waals surface area contributed by atoms with Gasteiger partial charge in [0.25, 0.3) is 0 Å². The number of nitrogens with one attached hydrogen (secondary N) is 4. The van der Waals surface area contributed by atoms with E-state index in [0.29, 0.717) is 17.4 Å². The first kappa shape index (κ1) is 27.8. The SMILES string of the molecule is CCOP(=O)(N[C@@H](C)C(=O)N[C@@H](CCCNC(=N)N)C(=O)O)Oc1ccc2c(C)cc(=O)oc2c1. The summed E-state index contributed by atoms with van der Waals surface area (Å²) in [5, 5.41) is 24.6. The van der Waals surface area contributed by atoms with Crippen molar-refractivity contribution in [2.75, 3.05) is 13.2 Å². The van der Waals surface area contributed by atoms with E-state index in [4.69, 9.17) is 24.6 Å². The van der Waals surface area contributed by atoms with Crippen LogP contribution in [0.25, 0.3) is 11.0 Å². The molecule has 0 radical (unpaired) electrons. The molecule has 1 aromatic heterocycles. The molecule has 0 fully saturated rings. The fourth-order valence-corrected chi connectivity index (χ4v) is 4.64. The molecule has 0 aliphatic carbocycles. The van der Waals surface area contributed by atoms with Crippen LogP contribution < -0.4 is 31.6 Å². The Bertz CT molecular complexity index is 1180. The first-order valence-electron chi connectivity index (χ1n) is 10.8. The summed E-state index contributed by atoms with van der Waals surface area (Å²) in [5.41, 5.74) is 5.55. The number of benzene rings is 1. The maximum Gasteiger partial charge on any atom is 0.459 e. The van der Waals surface area contributed by atoms with Crippen LogP contribution in [-0.2, 0) is 18.7 Å². The molecular weight excluding hydrogens is 481 g/mol. The third kappa shape index (κ3) is 8.39. The van der Waals surface area contributed by atoms with Crippen molar-refractivity contribution in [1.82, 2.24) is 15.7 Å². The van der Waals surface area contributed by atoms with Gasteiger partial charge in [-0.3, -0.25) is 14.7 Å². The molecule has 2 aromatic rings. The summed E-state index contributed by atoms with van der Waals surface area (Å²) in [6.07, 6.45) is 0.409. The highest BCUT2D eigenvalue weighted by Crippen LogP contribution is 2.45. The van der Waals surface area contributed by atoms with Gasteiger partial charge in [-0.05, 0) is 51.3 Å². The summed E-state index contributed by atoms with van der Waals surface area (Å²) >= 11 is 0. The number of carbonyl (C=O) groups excluding carboxylic acids is 1. The van der Waals surface area contributed by atoms with Gasteiger partial charge < -0.3 is 30.4 Å². The van der Waals surface area contributed by atoms with Crippen LogP contribution in [0.1, 0.15) is 32.3 Å². The molecule has 192 valence electrons. The van der Waals surface area contributed by atoms with E-state index in [0.717, 1.165) is 0 Å². The summed E-state index contributed by atoms with van der Waals surface area (Å²) in [6.45, 7) is 4.96. The molecule has 14 heteroatoms. The Hall–Kier alpha value is -3.41. The van der Waals surface area contributed by atoms with E-state index in [1.807, 2.05) is 0 Å². The molecular formula is C21H30N5O8P. The number of fused-ring (bicyclic) bond motifs is 1. The first-order valence-corrected chi connectivity index (χ1v) is 12.4. The lowest BCUT2D eigenvalue weighted by Gasteiger charge is -2.24. The van der Waals surface area contributed by atoms with Crippen LogP contribution in [0, 0.1) is 12.3 Å². The molecule has 0 bridgehead atoms. The molecule has 0 saturated heterocycles. The van der Waals surface area contributed by atoms with Crippen LogP contribution in [-0.4, -0.2) is 48.2 Å². The summed E-state index contributed by atoms with van der Waals surface area (Å²) < 4.78 is 29.2. The number of hydrogen-bond donors (Lipinski definition) is 6. The van der Waals surface area contributed by atoms with Crippen molar-refractivity contribution in [3.8, 4) is 5.75 Å². The molecule has 7 N–H and O–H groups in total. The smallest absolute Gasteiger partial charge is 0.459 e. The van der Waals surface area contributed by atoms with Crippen molar-refractivity contribution in [3.63, 3.8) is 0 Å². The Morgan fingerprint density at radius 2 is 2.03 bits per heavy atom. The summed E-state index contributed by atoms with van der Waals surface area (Å²) in [6, 6.07) is 3.53. The van der Waals surface area contributed by atoms with Crippen LogP contribution in [0.3, 0.4) is 0 Å². The number of hydrogen-bond acceptors (Lipinski definition) is 8. The maximum atomic E-state index is 13.3. The highest BCUT2D eigenvalue weighted by Gasteiger charge is 2.32. The van der Waals surface area contributed by atoms with Gasteiger partial charge in [-0.15, -0.1) is 0 Å². The van der Waals surface area contributed by atoms with Crippen LogP contribution in [0.5, 0.6) is 5.75 Å². The number of aliphatic carboxylic acids is 1. The Labute approximate surface area is 201 Å². The van der Waals surface area contributed by atoms with E-state index < -0.39 is 37.3 Å². The topological polar surface area (TPSA) is 206 Å². The average Bonchev–Trinajstić information content (AvgIpc) is 2.74. The fraction of sp³-hybridized carbons (Fsp3) is 0.429. The zero-order chi connectivity index (χ0) is 26.2. The van der Waals surface area contributed by atoms with E-state index in [1.165, 1.54) is 25.1 Å². The van der Waals surface area contributed by atoms with Crippen LogP contribution >= 0.6 is 7.75 Å². The minimum Gasteiger partial charge on any atom is -0.480 e. The largest absolute Gasteiger partial charge is 0.480 e. The Balaban J connectivity index is 2.10. The highest BCUT2D eigenvalue weighted by atomic mass is 31.2. The Morgan fingerprint density at radius 1 is 1.31 bits per heavy atom. The lowest BCUT2D eigenvalue weighted by Crippen LogP contribution is -2.48. The number of rotatable bonds is 13. The molecule has 1 aromatic carbocycles. The second-order valence-corrected chi connectivity index (χ2v) is 9.34. The molecule has 1 amide bonds. The second-order valence-electron chi connectivity index (χ2n) is 7.65. The molecule has 2 rings (SSSR count). The van der Waals surface area contributed by atoms with Crippen molar-refractivity contribution in [2.45, 2.75) is 45.7 Å². The summed E-state index contributed by atoms with van der Waals surface area (Å²) in [7, 11) is -4.08. The fourth-order valence-electron chi connectivity index (χ4n) is 3.14. The van der Waals surface area contributed by atoms with E-state index >= 15 is 0 Å². The third-order valence-corrected chi connectivity index (χ3v) is 6.54. The van der Waals surface area contributed by atoms with Gasteiger partial charge in [-0.25, -0.2) is 14.2 Å². The molecule has 0 aliphatic rings. The van der Waals surface area contributed by atoms with Crippen molar-refractivity contribution in [1.29, 1.82) is 5.41 Å².